The van der Waals surface area contributed by atoms with Crippen LogP contribution in [0.25, 0.3) is 0 Å². The van der Waals surface area contributed by atoms with Crippen molar-refractivity contribution in [3.63, 3.8) is 0 Å². The lowest BCUT2D eigenvalue weighted by molar-refractivity contribution is -0.147. The number of benzene rings is 1. The van der Waals surface area contributed by atoms with Crippen LogP contribution in [0.1, 0.15) is 32.3 Å². The Morgan fingerprint density at radius 3 is 2.45 bits per heavy atom. The maximum Gasteiger partial charge on any atom is 0.328 e. The van der Waals surface area contributed by atoms with Gasteiger partial charge in [-0.25, -0.2) is 4.79 Å². The third kappa shape index (κ3) is 5.73. The van der Waals surface area contributed by atoms with Crippen LogP contribution >= 0.6 is 0 Å². The van der Waals surface area contributed by atoms with E-state index in [1.165, 1.54) is 12.1 Å². The molecule has 0 heterocycles. The molecule has 1 aromatic carbocycles. The van der Waals surface area contributed by atoms with Crippen LogP contribution in [0.5, 0.6) is 5.75 Å². The van der Waals surface area contributed by atoms with Crippen molar-refractivity contribution in [3.8, 4) is 5.75 Å². The average molecular weight is 308 g/mol. The fourth-order valence-electron chi connectivity index (χ4n) is 2.02. The second-order valence-electron chi connectivity index (χ2n) is 5.08. The second-order valence-corrected chi connectivity index (χ2v) is 5.08. The van der Waals surface area contributed by atoms with E-state index in [1.54, 1.807) is 19.1 Å². The highest BCUT2D eigenvalue weighted by Crippen LogP contribution is 2.12. The van der Waals surface area contributed by atoms with Crippen molar-refractivity contribution in [2.45, 2.75) is 45.2 Å². The van der Waals surface area contributed by atoms with Crippen molar-refractivity contribution in [1.82, 2.24) is 5.32 Å². The molecule has 22 heavy (non-hydrogen) atoms. The number of aromatic hydroxyl groups is 1. The Labute approximate surface area is 130 Å². The van der Waals surface area contributed by atoms with Gasteiger partial charge in [0.2, 0.25) is 5.91 Å². The fraction of sp³-hybridized carbons (Fsp3) is 0.500. The number of hydrogen-bond acceptors (Lipinski definition) is 5. The number of ether oxygens (including phenoxy) is 1. The molecule has 0 radical (unpaired) electrons. The normalized spacial score (nSPS) is 13.2. The van der Waals surface area contributed by atoms with E-state index < -0.39 is 18.1 Å². The van der Waals surface area contributed by atoms with Crippen molar-refractivity contribution in [2.24, 2.45) is 5.73 Å². The molecule has 1 rings (SSSR count). The topological polar surface area (TPSA) is 102 Å². The van der Waals surface area contributed by atoms with Gasteiger partial charge in [0.25, 0.3) is 0 Å². The number of nitrogens with two attached hydrogens (primary N) is 1. The van der Waals surface area contributed by atoms with E-state index in [0.717, 1.165) is 12.0 Å². The molecule has 122 valence electrons. The maximum absolute atomic E-state index is 12.0. The molecule has 1 aromatic rings. The van der Waals surface area contributed by atoms with Gasteiger partial charge in [-0.1, -0.05) is 25.5 Å². The van der Waals surface area contributed by atoms with Gasteiger partial charge in [-0.15, -0.1) is 0 Å². The van der Waals surface area contributed by atoms with Crippen LogP contribution in [-0.4, -0.2) is 35.7 Å². The van der Waals surface area contributed by atoms with Gasteiger partial charge in [-0.2, -0.15) is 0 Å². The summed E-state index contributed by atoms with van der Waals surface area (Å²) >= 11 is 0. The summed E-state index contributed by atoms with van der Waals surface area (Å²) in [5.41, 5.74) is 6.57. The first-order valence-electron chi connectivity index (χ1n) is 7.48. The molecule has 0 unspecified atom stereocenters. The summed E-state index contributed by atoms with van der Waals surface area (Å²) in [5.74, 6) is -0.711. The zero-order valence-electron chi connectivity index (χ0n) is 13.0. The predicted molar refractivity (Wildman–Crippen MR) is 83.3 cm³/mol. The van der Waals surface area contributed by atoms with Gasteiger partial charge in [0.05, 0.1) is 12.6 Å². The Balaban J connectivity index is 2.77. The van der Waals surface area contributed by atoms with E-state index in [9.17, 15) is 14.7 Å². The third-order valence-electron chi connectivity index (χ3n) is 3.20. The Morgan fingerprint density at radius 2 is 1.91 bits per heavy atom. The van der Waals surface area contributed by atoms with Crippen LogP contribution in [0.3, 0.4) is 0 Å². The van der Waals surface area contributed by atoms with Gasteiger partial charge < -0.3 is 20.9 Å². The summed E-state index contributed by atoms with van der Waals surface area (Å²) in [4.78, 5) is 24.0. The number of carbonyl (C=O) groups is 2. The summed E-state index contributed by atoms with van der Waals surface area (Å²) in [6.07, 6.45) is 1.63. The molecule has 6 heteroatoms. The van der Waals surface area contributed by atoms with Crippen LogP contribution in [0, 0.1) is 0 Å². The number of esters is 1. The Morgan fingerprint density at radius 1 is 1.27 bits per heavy atom. The molecular formula is C16H24N2O4. The minimum Gasteiger partial charge on any atom is -0.508 e. The van der Waals surface area contributed by atoms with Gasteiger partial charge in [0.15, 0.2) is 0 Å². The molecule has 4 N–H and O–H groups in total. The van der Waals surface area contributed by atoms with Crippen LogP contribution in [0.4, 0.5) is 0 Å². The van der Waals surface area contributed by atoms with E-state index in [2.05, 4.69) is 5.32 Å². The van der Waals surface area contributed by atoms with Crippen molar-refractivity contribution >= 4 is 11.9 Å². The first-order chi connectivity index (χ1) is 10.5. The smallest absolute Gasteiger partial charge is 0.328 e. The summed E-state index contributed by atoms with van der Waals surface area (Å²) < 4.78 is 5.00. The number of rotatable bonds is 8. The maximum atomic E-state index is 12.0. The largest absolute Gasteiger partial charge is 0.508 e. The summed E-state index contributed by atoms with van der Waals surface area (Å²) in [6, 6.07) is 5.02. The fourth-order valence-corrected chi connectivity index (χ4v) is 2.02. The first-order valence-corrected chi connectivity index (χ1v) is 7.48. The standard InChI is InChI=1S/C16H24N2O4/c1-3-5-13(17)15(20)18-14(16(21)22-4-2)10-11-6-8-12(19)9-7-11/h6-9,13-14,19H,3-5,10,17H2,1-2H3,(H,18,20)/t13-,14-/m0/s1. The predicted octanol–water partition coefficient (Wildman–Crippen LogP) is 1.11. The van der Waals surface area contributed by atoms with E-state index in [-0.39, 0.29) is 24.7 Å². The monoisotopic (exact) mass is 308 g/mol. The summed E-state index contributed by atoms with van der Waals surface area (Å²) in [7, 11) is 0. The Hall–Kier alpha value is -2.08. The summed E-state index contributed by atoms with van der Waals surface area (Å²) in [6.45, 7) is 3.88. The van der Waals surface area contributed by atoms with Gasteiger partial charge >= 0.3 is 5.97 Å². The number of phenolic OH excluding ortho intramolecular Hbond substituents is 1. The third-order valence-corrected chi connectivity index (χ3v) is 3.20. The molecule has 2 atom stereocenters. The van der Waals surface area contributed by atoms with Crippen molar-refractivity contribution in [2.75, 3.05) is 6.61 Å². The minimum absolute atomic E-state index is 0.144. The zero-order valence-corrected chi connectivity index (χ0v) is 13.0. The molecule has 1 amide bonds. The van der Waals surface area contributed by atoms with E-state index in [0.29, 0.717) is 6.42 Å². The van der Waals surface area contributed by atoms with Crippen molar-refractivity contribution in [3.05, 3.63) is 29.8 Å². The van der Waals surface area contributed by atoms with Gasteiger partial charge in [0, 0.05) is 6.42 Å². The van der Waals surface area contributed by atoms with Crippen LogP contribution in [0.2, 0.25) is 0 Å². The van der Waals surface area contributed by atoms with Crippen LogP contribution < -0.4 is 11.1 Å². The minimum atomic E-state index is -0.792. The van der Waals surface area contributed by atoms with E-state index in [1.807, 2.05) is 6.92 Å². The van der Waals surface area contributed by atoms with Crippen LogP contribution in [-0.2, 0) is 20.7 Å². The Bertz CT molecular complexity index is 487. The molecule has 0 aliphatic rings. The Kier molecular flexibility index (Phi) is 7.39. The molecule has 0 spiro atoms. The quantitative estimate of drug-likeness (QED) is 0.624. The highest BCUT2D eigenvalue weighted by atomic mass is 16.5. The highest BCUT2D eigenvalue weighted by molar-refractivity contribution is 5.87. The second kappa shape index (κ2) is 9.04. The first kappa shape index (κ1) is 18.0. The lowest BCUT2D eigenvalue weighted by Crippen LogP contribution is -2.49. The number of amides is 1. The van der Waals surface area contributed by atoms with Gasteiger partial charge in [-0.05, 0) is 31.0 Å². The number of phenols is 1. The summed E-state index contributed by atoms with van der Waals surface area (Å²) in [5, 5.41) is 11.9. The van der Waals surface area contributed by atoms with Crippen molar-refractivity contribution < 1.29 is 19.4 Å². The lowest BCUT2D eigenvalue weighted by Gasteiger charge is -2.19. The van der Waals surface area contributed by atoms with Crippen LogP contribution in [0.15, 0.2) is 24.3 Å². The van der Waals surface area contributed by atoms with Gasteiger partial charge in [-0.3, -0.25) is 4.79 Å². The average Bonchev–Trinajstić information content (AvgIpc) is 2.49. The van der Waals surface area contributed by atoms with Crippen molar-refractivity contribution in [1.29, 1.82) is 0 Å². The van der Waals surface area contributed by atoms with Gasteiger partial charge in [0.1, 0.15) is 11.8 Å². The molecule has 0 aromatic heterocycles. The molecule has 6 nitrogen and oxygen atoms in total. The molecule has 0 fully saturated rings. The van der Waals surface area contributed by atoms with E-state index in [4.69, 9.17) is 10.5 Å². The molecule has 0 aliphatic carbocycles. The molecule has 0 saturated heterocycles. The highest BCUT2D eigenvalue weighted by Gasteiger charge is 2.24. The molecule has 0 saturated carbocycles. The van der Waals surface area contributed by atoms with E-state index >= 15 is 0 Å². The molecule has 0 aliphatic heterocycles. The molecular weight excluding hydrogens is 284 g/mol. The zero-order chi connectivity index (χ0) is 16.5. The SMILES string of the molecule is CCC[C@H](N)C(=O)N[C@@H](Cc1ccc(O)cc1)C(=O)OCC. The lowest BCUT2D eigenvalue weighted by atomic mass is 10.0. The molecule has 0 bridgehead atoms. The number of carbonyl (C=O) groups excluding carboxylic acids is 2. The number of hydrogen-bond donors (Lipinski definition) is 3. The number of nitrogens with one attached hydrogen (secondary N) is 1.